The average molecular weight is 724 g/mol. The number of aromatic hydroxyl groups is 1. The number of urea groups is 1. The summed E-state index contributed by atoms with van der Waals surface area (Å²) in [5.74, 6) is -1.79. The molecule has 0 bridgehead atoms. The fourth-order valence-corrected chi connectivity index (χ4v) is 5.45. The van der Waals surface area contributed by atoms with Gasteiger partial charge in [-0.3, -0.25) is 24.2 Å². The molecule has 2 aromatic carbocycles. The molecule has 0 heterocycles. The summed E-state index contributed by atoms with van der Waals surface area (Å²) in [5.41, 5.74) is 12.5. The number of benzene rings is 2. The number of aliphatic imine (C=N–C) groups is 1. The molecule has 0 aliphatic carbocycles. The Morgan fingerprint density at radius 2 is 1.46 bits per heavy atom. The van der Waals surface area contributed by atoms with Crippen LogP contribution in [0, 0.1) is 0 Å². The maximum Gasteiger partial charge on any atom is 0.312 e. The Kier molecular flexibility index (Phi) is 20.0. The predicted molar refractivity (Wildman–Crippen MR) is 200 cm³/mol. The van der Waals surface area contributed by atoms with E-state index in [-0.39, 0.29) is 56.8 Å². The first-order chi connectivity index (χ1) is 24.9. The first-order valence-electron chi connectivity index (χ1n) is 18.1. The summed E-state index contributed by atoms with van der Waals surface area (Å²) in [5, 5.41) is 17.7. The van der Waals surface area contributed by atoms with Crippen LogP contribution in [0.25, 0.3) is 0 Å². The summed E-state index contributed by atoms with van der Waals surface area (Å²) in [7, 11) is 1.56. The number of unbranched alkanes of at least 4 members (excludes halogenated alkanes) is 5. The van der Waals surface area contributed by atoms with Crippen molar-refractivity contribution in [3.05, 3.63) is 65.7 Å². The highest BCUT2D eigenvalue weighted by atomic mass is 16.5. The lowest BCUT2D eigenvalue weighted by Gasteiger charge is -2.27. The van der Waals surface area contributed by atoms with Gasteiger partial charge in [0.2, 0.25) is 17.7 Å². The number of rotatable bonds is 24. The van der Waals surface area contributed by atoms with Gasteiger partial charge in [0.15, 0.2) is 0 Å². The summed E-state index contributed by atoms with van der Waals surface area (Å²) in [6.45, 7) is 4.28. The van der Waals surface area contributed by atoms with Crippen LogP contribution in [0.3, 0.4) is 0 Å². The molecule has 0 radical (unpaired) electrons. The molecule has 14 heteroatoms. The zero-order valence-corrected chi connectivity index (χ0v) is 30.8. The number of primary amides is 1. The largest absolute Gasteiger partial charge is 0.508 e. The molecule has 0 saturated carbocycles. The van der Waals surface area contributed by atoms with Crippen molar-refractivity contribution in [3.8, 4) is 5.75 Å². The molecular weight excluding hydrogens is 666 g/mol. The summed E-state index contributed by atoms with van der Waals surface area (Å²) in [4.78, 5) is 70.6. The van der Waals surface area contributed by atoms with Gasteiger partial charge in [-0.2, -0.15) is 0 Å². The number of nitrogens with zero attached hydrogens (tertiary/aromatic N) is 2. The molecule has 0 fully saturated rings. The third kappa shape index (κ3) is 17.7. The minimum Gasteiger partial charge on any atom is -0.508 e. The summed E-state index contributed by atoms with van der Waals surface area (Å²) in [6.07, 6.45) is 7.09. The van der Waals surface area contributed by atoms with Crippen LogP contribution in [-0.4, -0.2) is 90.4 Å². The van der Waals surface area contributed by atoms with E-state index in [1.165, 1.54) is 36.3 Å². The van der Waals surface area contributed by atoms with Crippen molar-refractivity contribution in [3.63, 3.8) is 0 Å². The van der Waals surface area contributed by atoms with Crippen LogP contribution in [0.1, 0.15) is 82.8 Å². The molecule has 286 valence electrons. The van der Waals surface area contributed by atoms with E-state index in [0.29, 0.717) is 12.2 Å². The second-order valence-corrected chi connectivity index (χ2v) is 12.9. The van der Waals surface area contributed by atoms with Crippen LogP contribution in [0.4, 0.5) is 4.79 Å². The molecule has 5 amide bonds. The number of amides is 5. The normalized spacial score (nSPS) is 12.9. The Bertz CT molecular complexity index is 1430. The number of likely N-dealkylation sites (N-methyl/N-ethyl adjacent to an activating group) is 1. The van der Waals surface area contributed by atoms with Crippen molar-refractivity contribution < 1.29 is 33.8 Å². The summed E-state index contributed by atoms with van der Waals surface area (Å²) in [6, 6.07) is 11.6. The summed E-state index contributed by atoms with van der Waals surface area (Å²) >= 11 is 0. The number of phenols is 1. The van der Waals surface area contributed by atoms with Gasteiger partial charge in [-0.25, -0.2) is 4.79 Å². The molecule has 2 rings (SSSR count). The molecule has 0 aromatic heterocycles. The third-order valence-corrected chi connectivity index (χ3v) is 8.32. The van der Waals surface area contributed by atoms with Crippen LogP contribution in [0.15, 0.2) is 59.6 Å². The Morgan fingerprint density at radius 1 is 0.827 bits per heavy atom. The minimum absolute atomic E-state index is 0.000872. The minimum atomic E-state index is -1.12. The quantitative estimate of drug-likeness (QED) is 0.0408. The van der Waals surface area contributed by atoms with Crippen molar-refractivity contribution in [1.82, 2.24) is 20.9 Å². The Hall–Kier alpha value is -5.14. The highest BCUT2D eigenvalue weighted by Gasteiger charge is 2.30. The lowest BCUT2D eigenvalue weighted by Crippen LogP contribution is -2.56. The maximum atomic E-state index is 13.9. The molecule has 0 unspecified atom stereocenters. The Balaban J connectivity index is 2.18. The maximum absolute atomic E-state index is 13.9. The molecule has 0 saturated heterocycles. The van der Waals surface area contributed by atoms with Gasteiger partial charge in [0, 0.05) is 33.0 Å². The van der Waals surface area contributed by atoms with Crippen LogP contribution in [0.2, 0.25) is 0 Å². The number of ether oxygens (including phenoxy) is 1. The van der Waals surface area contributed by atoms with Crippen molar-refractivity contribution in [2.24, 2.45) is 16.5 Å². The second-order valence-electron chi connectivity index (χ2n) is 12.9. The molecule has 2 aromatic rings. The van der Waals surface area contributed by atoms with Crippen LogP contribution >= 0.6 is 0 Å². The molecule has 0 aliphatic rings. The fourth-order valence-electron chi connectivity index (χ4n) is 5.45. The topological polar surface area (TPSA) is 219 Å². The van der Waals surface area contributed by atoms with Gasteiger partial charge >= 0.3 is 12.0 Å². The second kappa shape index (κ2) is 24.1. The highest BCUT2D eigenvalue weighted by molar-refractivity contribution is 5.94. The van der Waals surface area contributed by atoms with Crippen molar-refractivity contribution in [1.29, 1.82) is 0 Å². The number of carbonyl (C=O) groups excluding carboxylic acids is 5. The van der Waals surface area contributed by atoms with Gasteiger partial charge in [-0.1, -0.05) is 81.5 Å². The zero-order valence-electron chi connectivity index (χ0n) is 30.8. The number of nitrogens with one attached hydrogen (secondary N) is 3. The first-order valence-corrected chi connectivity index (χ1v) is 18.1. The number of nitrogens with two attached hydrogens (primary N) is 2. The molecule has 8 N–H and O–H groups in total. The van der Waals surface area contributed by atoms with E-state index in [0.717, 1.165) is 24.8 Å². The van der Waals surface area contributed by atoms with E-state index in [9.17, 15) is 29.1 Å². The number of amidine groups is 1. The van der Waals surface area contributed by atoms with Crippen LogP contribution in [0.5, 0.6) is 5.75 Å². The molecule has 0 aliphatic heterocycles. The van der Waals surface area contributed by atoms with E-state index in [4.69, 9.17) is 16.2 Å². The van der Waals surface area contributed by atoms with Gasteiger partial charge in [0.25, 0.3) is 0 Å². The fraction of sp³-hybridized carbons (Fsp3) is 0.526. The van der Waals surface area contributed by atoms with Gasteiger partial charge in [0.1, 0.15) is 23.9 Å². The Labute approximate surface area is 307 Å². The monoisotopic (exact) mass is 723 g/mol. The standard InChI is InChI=1S/C38H57N7O7/c1-4-5-6-7-8-12-24-52-34(47)21-23-45(3)37(50)33(26-28-14-10-9-11-15-28)44-35(48)31(16-13-22-41-38(40)51)43-36(49)32(42-27(2)39)25-29-17-19-30(46)20-18-29/h9-11,14-15,17-20,31-33,46H,4-8,12-13,16,21-26H2,1-3H3,(H2,39,42)(H,43,49)(H,44,48)(H3,40,41,51)/t31-,32-,33-/m0/s1. The third-order valence-electron chi connectivity index (χ3n) is 8.32. The van der Waals surface area contributed by atoms with Gasteiger partial charge < -0.3 is 42.2 Å². The molecule has 3 atom stereocenters. The highest BCUT2D eigenvalue weighted by Crippen LogP contribution is 2.14. The molecule has 0 spiro atoms. The smallest absolute Gasteiger partial charge is 0.312 e. The number of phenolic OH excluding ortho intramolecular Hbond substituents is 1. The van der Waals surface area contributed by atoms with Gasteiger partial charge in [-0.15, -0.1) is 0 Å². The van der Waals surface area contributed by atoms with E-state index < -0.39 is 47.8 Å². The molecule has 14 nitrogen and oxygen atoms in total. The first kappa shape index (κ1) is 43.0. The summed E-state index contributed by atoms with van der Waals surface area (Å²) < 4.78 is 5.37. The number of hydrogen-bond acceptors (Lipinski definition) is 8. The van der Waals surface area contributed by atoms with Crippen molar-refractivity contribution in [2.75, 3.05) is 26.7 Å². The van der Waals surface area contributed by atoms with E-state index in [1.54, 1.807) is 26.1 Å². The van der Waals surface area contributed by atoms with Gasteiger partial charge in [0.05, 0.1) is 18.9 Å². The van der Waals surface area contributed by atoms with E-state index in [2.05, 4.69) is 27.9 Å². The molecule has 52 heavy (non-hydrogen) atoms. The van der Waals surface area contributed by atoms with Crippen LogP contribution in [-0.2, 0) is 36.8 Å². The lowest BCUT2D eigenvalue weighted by molar-refractivity contribution is -0.145. The Morgan fingerprint density at radius 3 is 2.12 bits per heavy atom. The number of esters is 1. The zero-order chi connectivity index (χ0) is 38.3. The van der Waals surface area contributed by atoms with Crippen molar-refractivity contribution in [2.45, 2.75) is 103 Å². The van der Waals surface area contributed by atoms with E-state index >= 15 is 0 Å². The number of hydrogen-bond donors (Lipinski definition) is 6. The van der Waals surface area contributed by atoms with Crippen molar-refractivity contribution >= 4 is 35.6 Å². The molecular formula is C38H57N7O7. The average Bonchev–Trinajstić information content (AvgIpc) is 3.11. The van der Waals surface area contributed by atoms with Gasteiger partial charge in [-0.05, 0) is 49.4 Å². The predicted octanol–water partition coefficient (Wildman–Crippen LogP) is 3.09. The number of carbonyl (C=O) groups is 5. The lowest BCUT2D eigenvalue weighted by atomic mass is 10.0. The van der Waals surface area contributed by atoms with E-state index in [1.807, 2.05) is 30.3 Å². The van der Waals surface area contributed by atoms with Crippen LogP contribution < -0.4 is 27.4 Å². The SMILES string of the molecule is CCCCCCCCOC(=O)CCN(C)C(=O)[C@H](Cc1ccccc1)NC(=O)[C@H](CCCNC(N)=O)NC(=O)[C@H](Cc1ccc(O)cc1)N=C(C)N.